The van der Waals surface area contributed by atoms with E-state index in [9.17, 15) is 0 Å². The lowest BCUT2D eigenvalue weighted by Gasteiger charge is -2.42. The van der Waals surface area contributed by atoms with Gasteiger partial charge in [0.05, 0.1) is 0 Å². The van der Waals surface area contributed by atoms with Crippen molar-refractivity contribution in [3.63, 3.8) is 0 Å². The molecule has 142 valence electrons. The molecule has 0 bridgehead atoms. The van der Waals surface area contributed by atoms with Crippen LogP contribution in [-0.4, -0.2) is 12.1 Å². The van der Waals surface area contributed by atoms with Crippen LogP contribution in [0.2, 0.25) is 0 Å². The van der Waals surface area contributed by atoms with Gasteiger partial charge in [0.15, 0.2) is 0 Å². The smallest absolute Gasteiger partial charge is 0.00871 e. The second kappa shape index (κ2) is 11.5. The van der Waals surface area contributed by atoms with Crippen LogP contribution < -0.4 is 11.5 Å². The third-order valence-electron chi connectivity index (χ3n) is 6.89. The highest BCUT2D eigenvalue weighted by Crippen LogP contribution is 2.42. The molecule has 4 N–H and O–H groups in total. The van der Waals surface area contributed by atoms with Crippen LogP contribution in [0.5, 0.6) is 0 Å². The van der Waals surface area contributed by atoms with Gasteiger partial charge in [-0.2, -0.15) is 0 Å². The Kier molecular flexibility index (Phi) is 9.71. The van der Waals surface area contributed by atoms with Gasteiger partial charge in [-0.25, -0.2) is 0 Å². The Balaban J connectivity index is 1.86. The fourth-order valence-corrected chi connectivity index (χ4v) is 5.58. The summed E-state index contributed by atoms with van der Waals surface area (Å²) in [6.45, 7) is 2.27. The van der Waals surface area contributed by atoms with Crippen molar-refractivity contribution in [1.29, 1.82) is 0 Å². The molecule has 2 aliphatic rings. The average Bonchev–Trinajstić information content (AvgIpc) is 2.61. The van der Waals surface area contributed by atoms with Gasteiger partial charge in [-0.3, -0.25) is 0 Å². The predicted molar refractivity (Wildman–Crippen MR) is 106 cm³/mol. The molecular weight excluding hydrogens is 292 g/mol. The molecule has 0 aromatic carbocycles. The quantitative estimate of drug-likeness (QED) is 0.497. The van der Waals surface area contributed by atoms with Gasteiger partial charge in [-0.05, 0) is 30.6 Å². The van der Waals surface area contributed by atoms with E-state index in [2.05, 4.69) is 6.92 Å². The Morgan fingerprint density at radius 3 is 1.79 bits per heavy atom. The van der Waals surface area contributed by atoms with E-state index in [1.807, 2.05) is 0 Å². The van der Waals surface area contributed by atoms with Gasteiger partial charge in [-0.1, -0.05) is 96.8 Å². The zero-order chi connectivity index (χ0) is 17.2. The lowest BCUT2D eigenvalue weighted by Crippen LogP contribution is -2.44. The Morgan fingerprint density at radius 2 is 1.29 bits per heavy atom. The summed E-state index contributed by atoms with van der Waals surface area (Å²) in [5.74, 6) is 2.54. The molecule has 2 nitrogen and oxygen atoms in total. The maximum atomic E-state index is 6.83. The van der Waals surface area contributed by atoms with E-state index in [1.165, 1.54) is 96.3 Å². The Labute approximate surface area is 151 Å². The highest BCUT2D eigenvalue weighted by atomic mass is 14.7. The summed E-state index contributed by atoms with van der Waals surface area (Å²) in [5, 5.41) is 0. The standard InChI is InChI=1S/C22H44N2/c1-2-3-4-11-16-20(23)17-21(24)22(18-12-7-5-8-13-18)19-14-9-6-10-15-19/h18-22H,2-17,23-24H2,1H3. The Morgan fingerprint density at radius 1 is 0.750 bits per heavy atom. The molecular formula is C22H44N2. The first-order chi connectivity index (χ1) is 11.7. The van der Waals surface area contributed by atoms with Crippen molar-refractivity contribution < 1.29 is 0 Å². The van der Waals surface area contributed by atoms with Gasteiger partial charge in [0.1, 0.15) is 0 Å². The van der Waals surface area contributed by atoms with Crippen LogP contribution in [0.15, 0.2) is 0 Å². The second-order valence-electron chi connectivity index (χ2n) is 8.88. The SMILES string of the molecule is CCCCCCC(N)CC(N)C(C1CCCCC1)C1CCCCC1. The summed E-state index contributed by atoms with van der Waals surface area (Å²) in [5.41, 5.74) is 13.3. The number of unbranched alkanes of at least 4 members (excludes halogenated alkanes) is 3. The Hall–Kier alpha value is -0.0800. The van der Waals surface area contributed by atoms with Crippen molar-refractivity contribution in [3.8, 4) is 0 Å². The number of hydrogen-bond donors (Lipinski definition) is 2. The maximum absolute atomic E-state index is 6.83. The van der Waals surface area contributed by atoms with E-state index in [-0.39, 0.29) is 0 Å². The first kappa shape index (κ1) is 20.2. The van der Waals surface area contributed by atoms with E-state index >= 15 is 0 Å². The monoisotopic (exact) mass is 336 g/mol. The van der Waals surface area contributed by atoms with Crippen LogP contribution in [0.4, 0.5) is 0 Å². The zero-order valence-electron chi connectivity index (χ0n) is 16.4. The molecule has 0 radical (unpaired) electrons. The molecule has 2 rings (SSSR count). The van der Waals surface area contributed by atoms with Gasteiger partial charge in [-0.15, -0.1) is 0 Å². The first-order valence-corrected chi connectivity index (χ1v) is 11.2. The summed E-state index contributed by atoms with van der Waals surface area (Å²) < 4.78 is 0. The lowest BCUT2D eigenvalue weighted by atomic mass is 9.66. The highest BCUT2D eigenvalue weighted by molar-refractivity contribution is 4.89. The van der Waals surface area contributed by atoms with Crippen molar-refractivity contribution in [2.75, 3.05) is 0 Å². The van der Waals surface area contributed by atoms with Crippen molar-refractivity contribution in [2.45, 2.75) is 122 Å². The summed E-state index contributed by atoms with van der Waals surface area (Å²) in [7, 11) is 0. The van der Waals surface area contributed by atoms with Crippen LogP contribution in [-0.2, 0) is 0 Å². The third kappa shape index (κ3) is 6.67. The van der Waals surface area contributed by atoms with Gasteiger partial charge in [0.25, 0.3) is 0 Å². The molecule has 0 aliphatic heterocycles. The summed E-state index contributed by atoms with van der Waals surface area (Å²) in [6, 6.07) is 0.670. The molecule has 0 heterocycles. The summed E-state index contributed by atoms with van der Waals surface area (Å²) in [4.78, 5) is 0. The molecule has 0 aromatic heterocycles. The van der Waals surface area contributed by atoms with Gasteiger partial charge in [0, 0.05) is 12.1 Å². The first-order valence-electron chi connectivity index (χ1n) is 11.2. The minimum Gasteiger partial charge on any atom is -0.328 e. The van der Waals surface area contributed by atoms with Crippen molar-refractivity contribution in [1.82, 2.24) is 0 Å². The topological polar surface area (TPSA) is 52.0 Å². The normalized spacial score (nSPS) is 23.5. The Bertz CT molecular complexity index is 287. The molecule has 0 saturated heterocycles. The molecule has 2 saturated carbocycles. The van der Waals surface area contributed by atoms with Gasteiger partial charge >= 0.3 is 0 Å². The number of nitrogens with two attached hydrogens (primary N) is 2. The van der Waals surface area contributed by atoms with Crippen LogP contribution >= 0.6 is 0 Å². The second-order valence-corrected chi connectivity index (χ2v) is 8.88. The summed E-state index contributed by atoms with van der Waals surface area (Å²) in [6.07, 6.45) is 21.9. The van der Waals surface area contributed by atoms with Crippen LogP contribution in [0, 0.1) is 17.8 Å². The zero-order valence-corrected chi connectivity index (χ0v) is 16.4. The molecule has 2 atom stereocenters. The van der Waals surface area contributed by atoms with Crippen molar-refractivity contribution in [2.24, 2.45) is 29.2 Å². The minimum absolute atomic E-state index is 0.325. The maximum Gasteiger partial charge on any atom is 0.00871 e. The predicted octanol–water partition coefficient (Wildman–Crippen LogP) is 5.78. The van der Waals surface area contributed by atoms with Crippen LogP contribution in [0.25, 0.3) is 0 Å². The van der Waals surface area contributed by atoms with Gasteiger partial charge < -0.3 is 11.5 Å². The molecule has 0 aromatic rings. The minimum atomic E-state index is 0.325. The van der Waals surface area contributed by atoms with Crippen LogP contribution in [0.3, 0.4) is 0 Å². The third-order valence-corrected chi connectivity index (χ3v) is 6.89. The largest absolute Gasteiger partial charge is 0.328 e. The fourth-order valence-electron chi connectivity index (χ4n) is 5.58. The lowest BCUT2D eigenvalue weighted by molar-refractivity contribution is 0.112. The molecule has 0 amide bonds. The molecule has 2 aliphatic carbocycles. The highest BCUT2D eigenvalue weighted by Gasteiger charge is 2.35. The fraction of sp³-hybridized carbons (Fsp3) is 1.00. The van der Waals surface area contributed by atoms with Crippen molar-refractivity contribution in [3.05, 3.63) is 0 Å². The molecule has 0 spiro atoms. The van der Waals surface area contributed by atoms with Crippen LogP contribution in [0.1, 0.15) is 110 Å². The molecule has 24 heavy (non-hydrogen) atoms. The van der Waals surface area contributed by atoms with Gasteiger partial charge in [0.2, 0.25) is 0 Å². The van der Waals surface area contributed by atoms with Crippen molar-refractivity contribution >= 4 is 0 Å². The number of hydrogen-bond acceptors (Lipinski definition) is 2. The molecule has 2 fully saturated rings. The average molecular weight is 337 g/mol. The van der Waals surface area contributed by atoms with E-state index in [0.717, 1.165) is 24.2 Å². The van der Waals surface area contributed by atoms with E-state index in [1.54, 1.807) is 0 Å². The van der Waals surface area contributed by atoms with E-state index in [0.29, 0.717) is 12.1 Å². The molecule has 2 heteroatoms. The summed E-state index contributed by atoms with van der Waals surface area (Å²) >= 11 is 0. The van der Waals surface area contributed by atoms with E-state index < -0.39 is 0 Å². The number of rotatable bonds is 10. The van der Waals surface area contributed by atoms with E-state index in [4.69, 9.17) is 11.5 Å². The molecule has 2 unspecified atom stereocenters.